The van der Waals surface area contributed by atoms with Gasteiger partial charge < -0.3 is 15.0 Å². The van der Waals surface area contributed by atoms with Crippen molar-refractivity contribution < 1.29 is 9.53 Å². The van der Waals surface area contributed by atoms with Gasteiger partial charge in [-0.15, -0.1) is 0 Å². The molecule has 0 aliphatic heterocycles. The van der Waals surface area contributed by atoms with Crippen LogP contribution in [-0.4, -0.2) is 38.6 Å². The first-order valence-corrected chi connectivity index (χ1v) is 9.25. The van der Waals surface area contributed by atoms with E-state index in [1.165, 1.54) is 5.56 Å². The number of benzene rings is 2. The predicted molar refractivity (Wildman–Crippen MR) is 108 cm³/mol. The fourth-order valence-electron chi connectivity index (χ4n) is 2.95. The number of carbonyl (C=O) groups excluding carboxylic acids is 1. The van der Waals surface area contributed by atoms with Gasteiger partial charge in [-0.2, -0.15) is 0 Å². The Balaban J connectivity index is 2.07. The van der Waals surface area contributed by atoms with Crippen molar-refractivity contribution in [3.8, 4) is 5.75 Å². The Labute approximate surface area is 157 Å². The molecule has 2 rings (SSSR count). The first-order chi connectivity index (χ1) is 12.5. The molecule has 0 aliphatic carbocycles. The van der Waals surface area contributed by atoms with Crippen molar-refractivity contribution in [3.63, 3.8) is 0 Å². The number of nitrogens with one attached hydrogen (secondary N) is 1. The van der Waals surface area contributed by atoms with Crippen molar-refractivity contribution in [2.75, 3.05) is 33.1 Å². The fraction of sp³-hybridized carbons (Fsp3) is 0.409. The highest BCUT2D eigenvalue weighted by atomic mass is 16.5. The van der Waals surface area contributed by atoms with Gasteiger partial charge in [0.05, 0.1) is 7.11 Å². The summed E-state index contributed by atoms with van der Waals surface area (Å²) in [4.78, 5) is 14.8. The zero-order chi connectivity index (χ0) is 18.9. The van der Waals surface area contributed by atoms with Crippen molar-refractivity contribution in [2.45, 2.75) is 32.6 Å². The maximum Gasteiger partial charge on any atom is 0.255 e. The number of aryl methyl sites for hydroxylation is 2. The lowest BCUT2D eigenvalue weighted by atomic mass is 10.0. The number of carbonyl (C=O) groups is 1. The molecule has 2 aromatic carbocycles. The summed E-state index contributed by atoms with van der Waals surface area (Å²) >= 11 is 0. The Morgan fingerprint density at radius 1 is 1.08 bits per heavy atom. The number of ether oxygens (including phenoxy) is 1. The van der Waals surface area contributed by atoms with E-state index in [1.807, 2.05) is 30.3 Å². The molecule has 1 amide bonds. The van der Waals surface area contributed by atoms with Gasteiger partial charge in [0.15, 0.2) is 0 Å². The standard InChI is InChI=1S/C22H30N2O2/c1-5-7-17-9-12-20(13-10-17)23-22(25)19-11-14-21(26-4)18(16-19)8-6-15-24(2)3/h9-14,16H,5-8,15H2,1-4H3,(H,23,25). The molecule has 2 aromatic rings. The number of hydrogen-bond donors (Lipinski definition) is 1. The lowest BCUT2D eigenvalue weighted by molar-refractivity contribution is 0.102. The molecule has 0 saturated carbocycles. The van der Waals surface area contributed by atoms with E-state index in [1.54, 1.807) is 7.11 Å². The topological polar surface area (TPSA) is 41.6 Å². The quantitative estimate of drug-likeness (QED) is 0.726. The molecule has 0 saturated heterocycles. The molecule has 0 fully saturated rings. The molecular formula is C22H30N2O2. The third-order valence-corrected chi connectivity index (χ3v) is 4.34. The predicted octanol–water partition coefficient (Wildman–Crippen LogP) is 4.39. The molecule has 0 heterocycles. The van der Waals surface area contributed by atoms with Crippen LogP contribution in [0, 0.1) is 0 Å². The van der Waals surface area contributed by atoms with Gasteiger partial charge >= 0.3 is 0 Å². The molecule has 0 unspecified atom stereocenters. The van der Waals surface area contributed by atoms with Gasteiger partial charge in [0.25, 0.3) is 5.91 Å². The van der Waals surface area contributed by atoms with E-state index < -0.39 is 0 Å². The monoisotopic (exact) mass is 354 g/mol. The van der Waals surface area contributed by atoms with Crippen molar-refractivity contribution in [3.05, 3.63) is 59.2 Å². The van der Waals surface area contributed by atoms with Crippen LogP contribution in [0.25, 0.3) is 0 Å². The average molecular weight is 354 g/mol. The van der Waals surface area contributed by atoms with Crippen LogP contribution in [0.5, 0.6) is 5.75 Å². The van der Waals surface area contributed by atoms with Crippen LogP contribution in [0.15, 0.2) is 42.5 Å². The number of amides is 1. The molecule has 4 heteroatoms. The lowest BCUT2D eigenvalue weighted by Gasteiger charge is -2.13. The molecule has 1 N–H and O–H groups in total. The first-order valence-electron chi connectivity index (χ1n) is 9.25. The molecule has 0 radical (unpaired) electrons. The minimum absolute atomic E-state index is 0.0928. The average Bonchev–Trinajstić information content (AvgIpc) is 2.63. The Hall–Kier alpha value is -2.33. The number of hydrogen-bond acceptors (Lipinski definition) is 3. The third kappa shape index (κ3) is 5.88. The summed E-state index contributed by atoms with van der Waals surface area (Å²) in [5.41, 5.74) is 3.83. The Morgan fingerprint density at radius 2 is 1.81 bits per heavy atom. The normalized spacial score (nSPS) is 10.8. The summed E-state index contributed by atoms with van der Waals surface area (Å²) in [6, 6.07) is 13.7. The van der Waals surface area contributed by atoms with E-state index >= 15 is 0 Å². The highest BCUT2D eigenvalue weighted by Gasteiger charge is 2.11. The number of anilines is 1. The minimum atomic E-state index is -0.0928. The van der Waals surface area contributed by atoms with Gasteiger partial charge in [0.1, 0.15) is 5.75 Å². The van der Waals surface area contributed by atoms with Crippen molar-refractivity contribution in [1.29, 1.82) is 0 Å². The summed E-state index contributed by atoms with van der Waals surface area (Å²) in [5, 5.41) is 2.98. The second kappa shape index (κ2) is 9.97. The maximum atomic E-state index is 12.6. The summed E-state index contributed by atoms with van der Waals surface area (Å²) in [6.07, 6.45) is 4.08. The Bertz CT molecular complexity index is 709. The molecule has 0 aromatic heterocycles. The molecule has 0 atom stereocenters. The summed E-state index contributed by atoms with van der Waals surface area (Å²) in [5.74, 6) is 0.744. The van der Waals surface area contributed by atoms with Gasteiger partial charge in [-0.05, 0) is 81.4 Å². The van der Waals surface area contributed by atoms with Gasteiger partial charge in [0.2, 0.25) is 0 Å². The SMILES string of the molecule is CCCc1ccc(NC(=O)c2ccc(OC)c(CCCN(C)C)c2)cc1. The smallest absolute Gasteiger partial charge is 0.255 e. The van der Waals surface area contributed by atoms with Crippen LogP contribution in [0.3, 0.4) is 0 Å². The largest absolute Gasteiger partial charge is 0.496 e. The summed E-state index contributed by atoms with van der Waals surface area (Å²) < 4.78 is 5.45. The van der Waals surface area contributed by atoms with Crippen molar-refractivity contribution >= 4 is 11.6 Å². The van der Waals surface area contributed by atoms with Gasteiger partial charge in [0, 0.05) is 11.3 Å². The highest BCUT2D eigenvalue weighted by Crippen LogP contribution is 2.22. The maximum absolute atomic E-state index is 12.6. The number of nitrogens with zero attached hydrogens (tertiary/aromatic N) is 1. The molecule has 4 nitrogen and oxygen atoms in total. The van der Waals surface area contributed by atoms with Crippen LogP contribution in [-0.2, 0) is 12.8 Å². The molecule has 140 valence electrons. The molecule has 0 spiro atoms. The van der Waals surface area contributed by atoms with Crippen LogP contribution >= 0.6 is 0 Å². The van der Waals surface area contributed by atoms with Crippen molar-refractivity contribution in [2.24, 2.45) is 0 Å². The van der Waals surface area contributed by atoms with E-state index in [4.69, 9.17) is 4.74 Å². The van der Waals surface area contributed by atoms with E-state index in [0.717, 1.165) is 49.2 Å². The molecule has 0 bridgehead atoms. The fourth-order valence-corrected chi connectivity index (χ4v) is 2.95. The van der Waals surface area contributed by atoms with Crippen LogP contribution in [0.2, 0.25) is 0 Å². The molecule has 26 heavy (non-hydrogen) atoms. The highest BCUT2D eigenvalue weighted by molar-refractivity contribution is 6.04. The second-order valence-corrected chi connectivity index (χ2v) is 6.83. The zero-order valence-electron chi connectivity index (χ0n) is 16.3. The van der Waals surface area contributed by atoms with Crippen LogP contribution < -0.4 is 10.1 Å². The third-order valence-electron chi connectivity index (χ3n) is 4.34. The molecular weight excluding hydrogens is 324 g/mol. The van der Waals surface area contributed by atoms with Crippen molar-refractivity contribution in [1.82, 2.24) is 4.90 Å². The zero-order valence-corrected chi connectivity index (χ0v) is 16.3. The Kier molecular flexibility index (Phi) is 7.67. The number of rotatable bonds is 9. The van der Waals surface area contributed by atoms with Gasteiger partial charge in [-0.1, -0.05) is 25.5 Å². The number of methoxy groups -OCH3 is 1. The van der Waals surface area contributed by atoms with Crippen LogP contribution in [0.1, 0.15) is 41.3 Å². The second-order valence-electron chi connectivity index (χ2n) is 6.83. The summed E-state index contributed by atoms with van der Waals surface area (Å²) in [7, 11) is 5.79. The van der Waals surface area contributed by atoms with Crippen LogP contribution in [0.4, 0.5) is 5.69 Å². The van der Waals surface area contributed by atoms with E-state index in [9.17, 15) is 4.79 Å². The molecule has 0 aliphatic rings. The first kappa shape index (κ1) is 20.0. The van der Waals surface area contributed by atoms with E-state index in [-0.39, 0.29) is 5.91 Å². The lowest BCUT2D eigenvalue weighted by Crippen LogP contribution is -2.14. The Morgan fingerprint density at radius 3 is 2.42 bits per heavy atom. The minimum Gasteiger partial charge on any atom is -0.496 e. The van der Waals surface area contributed by atoms with Gasteiger partial charge in [-0.3, -0.25) is 4.79 Å². The van der Waals surface area contributed by atoms with E-state index in [0.29, 0.717) is 5.56 Å². The van der Waals surface area contributed by atoms with Gasteiger partial charge in [-0.25, -0.2) is 0 Å². The van der Waals surface area contributed by atoms with E-state index in [2.05, 4.69) is 43.4 Å². The summed E-state index contributed by atoms with van der Waals surface area (Å²) in [6.45, 7) is 3.17.